The topological polar surface area (TPSA) is 98.0 Å². The lowest BCUT2D eigenvalue weighted by atomic mass is 10.1. The summed E-state index contributed by atoms with van der Waals surface area (Å²) in [6, 6.07) is 8.11. The molecule has 3 N–H and O–H groups in total. The molecule has 3 aromatic rings. The van der Waals surface area contributed by atoms with Gasteiger partial charge in [0, 0.05) is 14.3 Å². The molecule has 1 aromatic heterocycles. The van der Waals surface area contributed by atoms with Crippen molar-refractivity contribution in [1.82, 2.24) is 4.98 Å². The number of hydrogen-bond acceptors (Lipinski definition) is 4. The van der Waals surface area contributed by atoms with E-state index in [1.165, 1.54) is 12.1 Å². The Morgan fingerprint density at radius 2 is 1.88 bits per heavy atom. The maximum atomic E-state index is 12.2. The molecule has 0 unspecified atom stereocenters. The number of aromatic nitrogens is 1. The molecular formula is C16H11Br2N3O3. The lowest BCUT2D eigenvalue weighted by Crippen LogP contribution is -1.94. The molecule has 2 aromatic carbocycles. The van der Waals surface area contributed by atoms with Crippen LogP contribution in [0.4, 0.5) is 5.69 Å². The number of azo groups is 1. The molecular weight excluding hydrogens is 442 g/mol. The third-order valence-corrected chi connectivity index (χ3v) is 4.40. The zero-order valence-electron chi connectivity index (χ0n) is 12.3. The van der Waals surface area contributed by atoms with E-state index in [0.717, 1.165) is 10.0 Å². The van der Waals surface area contributed by atoms with E-state index >= 15 is 0 Å². The molecule has 3 rings (SSSR count). The highest BCUT2D eigenvalue weighted by Gasteiger charge is 2.15. The SMILES string of the molecule is Cc1cc(Br)cc2c(N=NC(=O)c3cc(Br)ccc3O)c(O)[nH]c12. The maximum Gasteiger partial charge on any atom is 0.299 e. The van der Waals surface area contributed by atoms with E-state index in [1.54, 1.807) is 12.1 Å². The van der Waals surface area contributed by atoms with Crippen LogP contribution in [0.5, 0.6) is 11.6 Å². The summed E-state index contributed by atoms with van der Waals surface area (Å²) in [6.45, 7) is 1.88. The highest BCUT2D eigenvalue weighted by atomic mass is 79.9. The third-order valence-electron chi connectivity index (χ3n) is 3.45. The minimum absolute atomic E-state index is 0.0183. The van der Waals surface area contributed by atoms with Gasteiger partial charge in [0.15, 0.2) is 5.69 Å². The fourth-order valence-electron chi connectivity index (χ4n) is 2.33. The van der Waals surface area contributed by atoms with Crippen molar-refractivity contribution in [2.45, 2.75) is 6.92 Å². The molecule has 6 nitrogen and oxygen atoms in total. The number of rotatable bonds is 2. The third kappa shape index (κ3) is 3.07. The quantitative estimate of drug-likeness (QED) is 0.458. The second-order valence-electron chi connectivity index (χ2n) is 5.13. The fraction of sp³-hybridized carbons (Fsp3) is 0.0625. The number of carbonyl (C=O) groups excluding carboxylic acids is 1. The number of aromatic hydroxyl groups is 2. The van der Waals surface area contributed by atoms with Crippen molar-refractivity contribution in [3.05, 3.63) is 50.4 Å². The van der Waals surface area contributed by atoms with Gasteiger partial charge in [0.05, 0.1) is 11.1 Å². The highest BCUT2D eigenvalue weighted by Crippen LogP contribution is 2.38. The molecule has 1 amide bonds. The lowest BCUT2D eigenvalue weighted by Gasteiger charge is -2.00. The molecule has 0 aliphatic rings. The number of H-pyrrole nitrogens is 1. The number of phenols is 1. The molecule has 1 heterocycles. The van der Waals surface area contributed by atoms with Gasteiger partial charge in [-0.1, -0.05) is 31.9 Å². The molecule has 0 saturated carbocycles. The van der Waals surface area contributed by atoms with Crippen LogP contribution in [0.25, 0.3) is 10.9 Å². The molecule has 0 bridgehead atoms. The summed E-state index contributed by atoms with van der Waals surface area (Å²) in [5.41, 5.74) is 1.80. The lowest BCUT2D eigenvalue weighted by molar-refractivity contribution is 0.0992. The minimum Gasteiger partial charge on any atom is -0.507 e. The number of amides is 1. The average molecular weight is 453 g/mol. The van der Waals surface area contributed by atoms with Crippen LogP contribution in [0.3, 0.4) is 0 Å². The monoisotopic (exact) mass is 451 g/mol. The number of benzene rings is 2. The number of aryl methyl sites for hydroxylation is 1. The van der Waals surface area contributed by atoms with Crippen molar-refractivity contribution in [3.63, 3.8) is 0 Å². The average Bonchev–Trinajstić information content (AvgIpc) is 2.83. The summed E-state index contributed by atoms with van der Waals surface area (Å²) < 4.78 is 1.45. The first-order chi connectivity index (χ1) is 11.4. The number of carbonyl (C=O) groups is 1. The molecule has 0 saturated heterocycles. The number of hydrogen-bond donors (Lipinski definition) is 3. The number of fused-ring (bicyclic) bond motifs is 1. The van der Waals surface area contributed by atoms with Gasteiger partial charge in [-0.2, -0.15) is 0 Å². The van der Waals surface area contributed by atoms with E-state index in [1.807, 2.05) is 13.0 Å². The Morgan fingerprint density at radius 1 is 1.12 bits per heavy atom. The van der Waals surface area contributed by atoms with E-state index in [4.69, 9.17) is 0 Å². The number of nitrogens with zero attached hydrogens (tertiary/aromatic N) is 2. The highest BCUT2D eigenvalue weighted by molar-refractivity contribution is 9.10. The summed E-state index contributed by atoms with van der Waals surface area (Å²) in [5, 5.41) is 27.9. The molecule has 0 fully saturated rings. The zero-order chi connectivity index (χ0) is 17.4. The van der Waals surface area contributed by atoms with Crippen LogP contribution < -0.4 is 0 Å². The number of aromatic amines is 1. The van der Waals surface area contributed by atoms with Crippen LogP contribution in [0.1, 0.15) is 15.9 Å². The molecule has 8 heteroatoms. The second kappa shape index (κ2) is 6.37. The standard InChI is InChI=1S/C16H11Br2N3O3/c1-7-4-9(18)6-11-13(7)19-16(24)14(11)20-21-15(23)10-5-8(17)2-3-12(10)22/h2-6,19,22,24H,1H3. The van der Waals surface area contributed by atoms with Gasteiger partial charge in [0.25, 0.3) is 5.91 Å². The number of halogens is 2. The molecule has 122 valence electrons. The van der Waals surface area contributed by atoms with Crippen molar-refractivity contribution < 1.29 is 15.0 Å². The van der Waals surface area contributed by atoms with Gasteiger partial charge in [-0.3, -0.25) is 4.79 Å². The first-order valence-electron chi connectivity index (χ1n) is 6.82. The fourth-order valence-corrected chi connectivity index (χ4v) is 3.26. The van der Waals surface area contributed by atoms with Crippen LogP contribution in [0.2, 0.25) is 0 Å². The van der Waals surface area contributed by atoms with E-state index in [2.05, 4.69) is 47.1 Å². The van der Waals surface area contributed by atoms with Gasteiger partial charge in [0.1, 0.15) is 5.75 Å². The summed E-state index contributed by atoms with van der Waals surface area (Å²) >= 11 is 6.62. The van der Waals surface area contributed by atoms with Crippen molar-refractivity contribution in [2.24, 2.45) is 10.2 Å². The van der Waals surface area contributed by atoms with Crippen molar-refractivity contribution in [2.75, 3.05) is 0 Å². The van der Waals surface area contributed by atoms with Crippen molar-refractivity contribution in [3.8, 4) is 11.6 Å². The second-order valence-corrected chi connectivity index (χ2v) is 6.97. The molecule has 0 aliphatic carbocycles. The molecule has 0 spiro atoms. The Balaban J connectivity index is 2.03. The maximum absolute atomic E-state index is 12.2. The van der Waals surface area contributed by atoms with Gasteiger partial charge < -0.3 is 15.2 Å². The van der Waals surface area contributed by atoms with Crippen molar-refractivity contribution >= 4 is 54.4 Å². The molecule has 0 aliphatic heterocycles. The van der Waals surface area contributed by atoms with Gasteiger partial charge in [-0.25, -0.2) is 0 Å². The number of phenolic OH excluding ortho intramolecular Hbond substituents is 1. The van der Waals surface area contributed by atoms with E-state index < -0.39 is 5.91 Å². The van der Waals surface area contributed by atoms with Crippen LogP contribution in [0, 0.1) is 6.92 Å². The first kappa shape index (κ1) is 16.7. The summed E-state index contributed by atoms with van der Waals surface area (Å²) in [5.74, 6) is -1.08. The van der Waals surface area contributed by atoms with Crippen LogP contribution in [0.15, 0.2) is 49.5 Å². The minimum atomic E-state index is -0.714. The van der Waals surface area contributed by atoms with Gasteiger partial charge in [-0.05, 0) is 42.8 Å². The van der Waals surface area contributed by atoms with Gasteiger partial charge in [0.2, 0.25) is 5.88 Å². The van der Waals surface area contributed by atoms with E-state index in [9.17, 15) is 15.0 Å². The van der Waals surface area contributed by atoms with E-state index in [-0.39, 0.29) is 22.9 Å². The predicted molar refractivity (Wildman–Crippen MR) is 97.1 cm³/mol. The largest absolute Gasteiger partial charge is 0.507 e. The Hall–Kier alpha value is -2.19. The van der Waals surface area contributed by atoms with Crippen LogP contribution in [-0.4, -0.2) is 21.1 Å². The van der Waals surface area contributed by atoms with Crippen molar-refractivity contribution in [1.29, 1.82) is 0 Å². The Kier molecular flexibility index (Phi) is 4.42. The summed E-state index contributed by atoms with van der Waals surface area (Å²) in [7, 11) is 0. The molecule has 24 heavy (non-hydrogen) atoms. The Morgan fingerprint density at radius 3 is 2.62 bits per heavy atom. The molecule has 0 radical (unpaired) electrons. The summed E-state index contributed by atoms with van der Waals surface area (Å²) in [6.07, 6.45) is 0. The first-order valence-corrected chi connectivity index (χ1v) is 8.41. The normalized spacial score (nSPS) is 11.5. The molecule has 0 atom stereocenters. The summed E-state index contributed by atoms with van der Waals surface area (Å²) in [4.78, 5) is 15.0. The van der Waals surface area contributed by atoms with Gasteiger partial charge >= 0.3 is 0 Å². The van der Waals surface area contributed by atoms with E-state index in [0.29, 0.717) is 15.4 Å². The van der Waals surface area contributed by atoms with Crippen LogP contribution in [-0.2, 0) is 0 Å². The van der Waals surface area contributed by atoms with Crippen LogP contribution >= 0.6 is 31.9 Å². The predicted octanol–water partition coefficient (Wildman–Crippen LogP) is 5.34. The number of nitrogens with one attached hydrogen (secondary N) is 1. The van der Waals surface area contributed by atoms with Gasteiger partial charge in [-0.15, -0.1) is 10.2 Å². The Labute approximate surface area is 153 Å². The zero-order valence-corrected chi connectivity index (χ0v) is 15.5. The smallest absolute Gasteiger partial charge is 0.299 e. The Bertz CT molecular complexity index is 996.